The van der Waals surface area contributed by atoms with Crippen molar-refractivity contribution in [2.45, 2.75) is 0 Å². The molecule has 0 aliphatic rings. The van der Waals surface area contributed by atoms with Gasteiger partial charge in [0, 0.05) is 35.9 Å². The zero-order chi connectivity index (χ0) is 11.4. The lowest BCUT2D eigenvalue weighted by atomic mass is 10.00. The van der Waals surface area contributed by atoms with Crippen LogP contribution in [0.4, 0.5) is 0 Å². The summed E-state index contributed by atoms with van der Waals surface area (Å²) < 4.78 is 0. The molecule has 4 heteroatoms. The minimum atomic E-state index is 0.449. The Balaban J connectivity index is 2.70. The number of pyridine rings is 2. The van der Waals surface area contributed by atoms with Crippen LogP contribution in [-0.2, 0) is 0 Å². The van der Waals surface area contributed by atoms with Crippen LogP contribution >= 0.6 is 0 Å². The minimum absolute atomic E-state index is 0.449. The topological polar surface area (TPSA) is 73.4 Å². The van der Waals surface area contributed by atoms with Crippen molar-refractivity contribution < 1.29 is 0 Å². The average molecular weight is 206 g/mol. The molecule has 0 bridgehead atoms. The molecule has 16 heavy (non-hydrogen) atoms. The highest BCUT2D eigenvalue weighted by atomic mass is 14.6. The third-order valence-corrected chi connectivity index (χ3v) is 2.17. The Kier molecular flexibility index (Phi) is 2.58. The van der Waals surface area contributed by atoms with Crippen molar-refractivity contribution in [1.82, 2.24) is 9.97 Å². The fourth-order valence-electron chi connectivity index (χ4n) is 1.44. The van der Waals surface area contributed by atoms with Crippen LogP contribution in [0.1, 0.15) is 11.1 Å². The van der Waals surface area contributed by atoms with E-state index in [2.05, 4.69) is 22.1 Å². The van der Waals surface area contributed by atoms with Crippen molar-refractivity contribution in [3.8, 4) is 23.3 Å². The van der Waals surface area contributed by atoms with Gasteiger partial charge in [0.1, 0.15) is 12.1 Å². The van der Waals surface area contributed by atoms with Gasteiger partial charge in [-0.05, 0) is 12.1 Å². The third kappa shape index (κ3) is 1.60. The van der Waals surface area contributed by atoms with Crippen molar-refractivity contribution in [2.24, 2.45) is 0 Å². The van der Waals surface area contributed by atoms with E-state index in [4.69, 9.17) is 10.5 Å². The normalized spacial score (nSPS) is 9.12. The van der Waals surface area contributed by atoms with Crippen molar-refractivity contribution >= 4 is 0 Å². The van der Waals surface area contributed by atoms with Crippen molar-refractivity contribution in [1.29, 1.82) is 10.5 Å². The van der Waals surface area contributed by atoms with Crippen LogP contribution in [0.3, 0.4) is 0 Å². The second-order valence-electron chi connectivity index (χ2n) is 3.07. The Hall–Kier alpha value is -2.72. The highest BCUT2D eigenvalue weighted by Gasteiger charge is 2.08. The van der Waals surface area contributed by atoms with Gasteiger partial charge < -0.3 is 0 Å². The number of hydrogen-bond acceptors (Lipinski definition) is 4. The molecule has 0 saturated heterocycles. The maximum atomic E-state index is 8.95. The van der Waals surface area contributed by atoms with E-state index in [-0.39, 0.29) is 0 Å². The molecule has 4 nitrogen and oxygen atoms in total. The van der Waals surface area contributed by atoms with E-state index in [9.17, 15) is 0 Å². The zero-order valence-corrected chi connectivity index (χ0v) is 8.25. The summed E-state index contributed by atoms with van der Waals surface area (Å²) in [6, 6.07) is 7.54. The predicted molar refractivity (Wildman–Crippen MR) is 56.9 cm³/mol. The second-order valence-corrected chi connectivity index (χ2v) is 3.07. The van der Waals surface area contributed by atoms with E-state index < -0.39 is 0 Å². The van der Waals surface area contributed by atoms with Gasteiger partial charge in [0.2, 0.25) is 0 Å². The van der Waals surface area contributed by atoms with Crippen LogP contribution in [0.25, 0.3) is 11.1 Å². The van der Waals surface area contributed by atoms with Gasteiger partial charge >= 0.3 is 0 Å². The maximum Gasteiger partial charge on any atom is 0.101 e. The Labute approximate surface area is 92.4 Å². The van der Waals surface area contributed by atoms with E-state index in [1.807, 2.05) is 0 Å². The van der Waals surface area contributed by atoms with Crippen molar-refractivity contribution in [3.63, 3.8) is 0 Å². The summed E-state index contributed by atoms with van der Waals surface area (Å²) in [6.07, 6.45) is 6.16. The highest BCUT2D eigenvalue weighted by Crippen LogP contribution is 2.24. The molecule has 0 aliphatic heterocycles. The molecule has 0 spiro atoms. The van der Waals surface area contributed by atoms with E-state index >= 15 is 0 Å². The van der Waals surface area contributed by atoms with Gasteiger partial charge in [0.15, 0.2) is 0 Å². The molecule has 2 aromatic heterocycles. The van der Waals surface area contributed by atoms with Crippen LogP contribution in [0, 0.1) is 22.7 Å². The van der Waals surface area contributed by atoms with E-state index in [0.29, 0.717) is 22.3 Å². The monoisotopic (exact) mass is 206 g/mol. The molecule has 0 fully saturated rings. The Morgan fingerprint density at radius 1 is 0.812 bits per heavy atom. The summed E-state index contributed by atoms with van der Waals surface area (Å²) >= 11 is 0. The molecule has 2 aromatic rings. The SMILES string of the molecule is N#Cc1cnccc1-c1ccncc1C#N. The average Bonchev–Trinajstić information content (AvgIpc) is 2.38. The Morgan fingerprint density at radius 3 is 1.62 bits per heavy atom. The van der Waals surface area contributed by atoms with E-state index in [1.54, 1.807) is 24.5 Å². The van der Waals surface area contributed by atoms with E-state index in [1.165, 1.54) is 12.4 Å². The quantitative estimate of drug-likeness (QED) is 0.714. The zero-order valence-electron chi connectivity index (χ0n) is 8.25. The molecule has 0 N–H and O–H groups in total. The molecule has 0 unspecified atom stereocenters. The molecule has 0 radical (unpaired) electrons. The molecule has 0 saturated carbocycles. The lowest BCUT2D eigenvalue weighted by Crippen LogP contribution is -1.90. The van der Waals surface area contributed by atoms with Gasteiger partial charge in [-0.2, -0.15) is 10.5 Å². The minimum Gasteiger partial charge on any atom is -0.263 e. The maximum absolute atomic E-state index is 8.95. The number of nitrogens with zero attached hydrogens (tertiary/aromatic N) is 4. The first kappa shape index (κ1) is 9.82. The van der Waals surface area contributed by atoms with Crippen molar-refractivity contribution in [3.05, 3.63) is 48.0 Å². The Morgan fingerprint density at radius 2 is 1.25 bits per heavy atom. The van der Waals surface area contributed by atoms with Gasteiger partial charge in [0.25, 0.3) is 0 Å². The number of aromatic nitrogens is 2. The molecule has 2 heterocycles. The smallest absolute Gasteiger partial charge is 0.101 e. The van der Waals surface area contributed by atoms with E-state index in [0.717, 1.165) is 0 Å². The summed E-state index contributed by atoms with van der Waals surface area (Å²) in [7, 11) is 0. The van der Waals surface area contributed by atoms with Gasteiger partial charge in [-0.1, -0.05) is 0 Å². The second kappa shape index (κ2) is 4.20. The lowest BCUT2D eigenvalue weighted by molar-refractivity contribution is 1.28. The predicted octanol–water partition coefficient (Wildman–Crippen LogP) is 1.89. The fraction of sp³-hybridized carbons (Fsp3) is 0. The lowest BCUT2D eigenvalue weighted by Gasteiger charge is -2.04. The summed E-state index contributed by atoms with van der Waals surface area (Å²) in [5.41, 5.74) is 2.31. The number of hydrogen-bond donors (Lipinski definition) is 0. The molecular formula is C12H6N4. The van der Waals surface area contributed by atoms with Crippen LogP contribution < -0.4 is 0 Å². The fourth-order valence-corrected chi connectivity index (χ4v) is 1.44. The van der Waals surface area contributed by atoms with Crippen LogP contribution in [-0.4, -0.2) is 9.97 Å². The summed E-state index contributed by atoms with van der Waals surface area (Å²) in [5, 5.41) is 17.9. The van der Waals surface area contributed by atoms with Crippen LogP contribution in [0.5, 0.6) is 0 Å². The third-order valence-electron chi connectivity index (χ3n) is 2.17. The summed E-state index contributed by atoms with van der Waals surface area (Å²) in [5.74, 6) is 0. The highest BCUT2D eigenvalue weighted by molar-refractivity contribution is 5.74. The first-order chi connectivity index (χ1) is 7.86. The summed E-state index contributed by atoms with van der Waals surface area (Å²) in [6.45, 7) is 0. The Bertz CT molecular complexity index is 549. The largest absolute Gasteiger partial charge is 0.263 e. The van der Waals surface area contributed by atoms with Gasteiger partial charge in [-0.25, -0.2) is 0 Å². The molecule has 0 atom stereocenters. The summed E-state index contributed by atoms with van der Waals surface area (Å²) in [4.78, 5) is 7.75. The molecule has 2 rings (SSSR count). The first-order valence-electron chi connectivity index (χ1n) is 4.55. The van der Waals surface area contributed by atoms with Crippen LogP contribution in [0.2, 0.25) is 0 Å². The number of rotatable bonds is 1. The molecular weight excluding hydrogens is 200 g/mol. The number of nitriles is 2. The van der Waals surface area contributed by atoms with Gasteiger partial charge in [-0.3, -0.25) is 9.97 Å². The van der Waals surface area contributed by atoms with Gasteiger partial charge in [-0.15, -0.1) is 0 Å². The van der Waals surface area contributed by atoms with Crippen molar-refractivity contribution in [2.75, 3.05) is 0 Å². The molecule has 74 valence electrons. The van der Waals surface area contributed by atoms with Crippen LogP contribution in [0.15, 0.2) is 36.9 Å². The standard InChI is InChI=1S/C12H6N4/c13-5-9-7-15-3-1-11(9)12-2-4-16-8-10(12)6-14/h1-4,7-8H. The molecule has 0 aromatic carbocycles. The molecule has 0 aliphatic carbocycles. The molecule has 0 amide bonds. The first-order valence-corrected chi connectivity index (χ1v) is 4.55. The van der Waals surface area contributed by atoms with Gasteiger partial charge in [0.05, 0.1) is 11.1 Å².